The van der Waals surface area contributed by atoms with Gasteiger partial charge in [0.1, 0.15) is 0 Å². The molecule has 110 valence electrons. The number of hydrogen-bond acceptors (Lipinski definition) is 1. The largest absolute Gasteiger partial charge is 0.311 e. The van der Waals surface area contributed by atoms with Crippen LogP contribution in [0.2, 0.25) is 0 Å². The third-order valence-corrected chi connectivity index (χ3v) is 3.05. The van der Waals surface area contributed by atoms with Crippen molar-refractivity contribution < 1.29 is 0 Å². The van der Waals surface area contributed by atoms with Gasteiger partial charge in [0.05, 0.1) is 0 Å². The molecule has 1 nitrogen and oxygen atoms in total. The Bertz CT molecular complexity index is 544. The third kappa shape index (κ3) is 4.96. The topological polar surface area (TPSA) is 3.24 Å². The van der Waals surface area contributed by atoms with Crippen LogP contribution >= 0.6 is 0 Å². The molecule has 0 N–H and O–H groups in total. The summed E-state index contributed by atoms with van der Waals surface area (Å²) in [6, 6.07) is 10.4. The lowest BCUT2D eigenvalue weighted by molar-refractivity contribution is 1.12. The molecule has 1 aromatic carbocycles. The number of para-hydroxylation sites is 1. The maximum atomic E-state index is 3.76. The van der Waals surface area contributed by atoms with Gasteiger partial charge in [-0.25, -0.2) is 0 Å². The van der Waals surface area contributed by atoms with Crippen molar-refractivity contribution in [3.8, 4) is 0 Å². The van der Waals surface area contributed by atoms with Crippen LogP contribution in [-0.2, 0) is 0 Å². The average Bonchev–Trinajstić information content (AvgIpc) is 2.53. The second-order valence-electron chi connectivity index (χ2n) is 4.52. The summed E-state index contributed by atoms with van der Waals surface area (Å²) >= 11 is 0. The highest BCUT2D eigenvalue weighted by atomic mass is 15.1. The van der Waals surface area contributed by atoms with Crippen LogP contribution < -0.4 is 4.90 Å². The van der Waals surface area contributed by atoms with Gasteiger partial charge in [0, 0.05) is 17.1 Å². The van der Waals surface area contributed by atoms with Crippen LogP contribution in [-0.4, -0.2) is 0 Å². The van der Waals surface area contributed by atoms with Gasteiger partial charge >= 0.3 is 0 Å². The van der Waals surface area contributed by atoms with E-state index in [1.54, 1.807) is 0 Å². The molecule has 0 heterocycles. The van der Waals surface area contributed by atoms with Crippen LogP contribution in [0.25, 0.3) is 0 Å². The van der Waals surface area contributed by atoms with Gasteiger partial charge in [-0.2, -0.15) is 0 Å². The van der Waals surface area contributed by atoms with Gasteiger partial charge in [-0.3, -0.25) is 0 Å². The molecule has 0 amide bonds. The monoisotopic (exact) mass is 279 g/mol. The van der Waals surface area contributed by atoms with Crippen LogP contribution in [0, 0.1) is 0 Å². The van der Waals surface area contributed by atoms with Gasteiger partial charge in [-0.1, -0.05) is 48.6 Å². The first-order valence-corrected chi connectivity index (χ1v) is 7.36. The van der Waals surface area contributed by atoms with E-state index in [1.807, 2.05) is 19.1 Å². The summed E-state index contributed by atoms with van der Waals surface area (Å²) in [5, 5.41) is 0. The van der Waals surface area contributed by atoms with Gasteiger partial charge in [0.15, 0.2) is 0 Å². The molecule has 0 aliphatic rings. The number of nitrogens with zero attached hydrogens (tertiary/aromatic N) is 1. The van der Waals surface area contributed by atoms with Crippen molar-refractivity contribution in [2.24, 2.45) is 0 Å². The van der Waals surface area contributed by atoms with Crippen LogP contribution in [0.3, 0.4) is 0 Å². The van der Waals surface area contributed by atoms with Crippen LogP contribution in [0.4, 0.5) is 5.69 Å². The zero-order valence-electron chi connectivity index (χ0n) is 13.3. The minimum atomic E-state index is 0.870. The Morgan fingerprint density at radius 1 is 1.00 bits per heavy atom. The molecule has 0 aliphatic carbocycles. The first kappa shape index (κ1) is 16.8. The summed E-state index contributed by atoms with van der Waals surface area (Å²) in [5.41, 5.74) is 3.45. The molecule has 0 saturated carbocycles. The zero-order valence-corrected chi connectivity index (χ0v) is 13.3. The van der Waals surface area contributed by atoms with Gasteiger partial charge in [-0.05, 0) is 51.5 Å². The molecule has 0 aromatic heterocycles. The fraction of sp³-hybridized carbons (Fsp3) is 0.200. The van der Waals surface area contributed by atoms with Crippen LogP contribution in [0.5, 0.6) is 0 Å². The molecule has 21 heavy (non-hydrogen) atoms. The Morgan fingerprint density at radius 2 is 1.62 bits per heavy atom. The molecule has 0 saturated heterocycles. The second kappa shape index (κ2) is 9.60. The molecule has 0 atom stereocenters. The fourth-order valence-electron chi connectivity index (χ4n) is 2.08. The fourth-order valence-corrected chi connectivity index (χ4v) is 2.08. The van der Waals surface area contributed by atoms with Crippen molar-refractivity contribution in [2.45, 2.75) is 27.2 Å². The normalized spacial score (nSPS) is 13.1. The molecule has 0 fully saturated rings. The van der Waals surface area contributed by atoms with Gasteiger partial charge in [0.2, 0.25) is 0 Å². The third-order valence-electron chi connectivity index (χ3n) is 3.05. The second-order valence-corrected chi connectivity index (χ2v) is 4.52. The van der Waals surface area contributed by atoms with Gasteiger partial charge < -0.3 is 4.90 Å². The zero-order chi connectivity index (χ0) is 15.5. The van der Waals surface area contributed by atoms with Crippen molar-refractivity contribution in [2.75, 3.05) is 4.90 Å². The highest BCUT2D eigenvalue weighted by Gasteiger charge is 2.11. The highest BCUT2D eigenvalue weighted by molar-refractivity contribution is 5.62. The predicted molar refractivity (Wildman–Crippen MR) is 95.2 cm³/mol. The van der Waals surface area contributed by atoms with E-state index in [1.165, 1.54) is 0 Å². The minimum absolute atomic E-state index is 0.870. The summed E-state index contributed by atoms with van der Waals surface area (Å²) in [7, 11) is 0. The molecule has 0 unspecified atom stereocenters. The van der Waals surface area contributed by atoms with Crippen molar-refractivity contribution in [3.05, 3.63) is 90.8 Å². The van der Waals surface area contributed by atoms with E-state index >= 15 is 0 Å². The van der Waals surface area contributed by atoms with Gasteiger partial charge in [0.25, 0.3) is 0 Å². The maximum absolute atomic E-state index is 3.76. The van der Waals surface area contributed by atoms with E-state index in [0.29, 0.717) is 0 Å². The Labute approximate surface area is 129 Å². The van der Waals surface area contributed by atoms with E-state index in [0.717, 1.165) is 23.5 Å². The molecule has 1 rings (SSSR count). The quantitative estimate of drug-likeness (QED) is 0.436. The Balaban J connectivity index is 3.27. The highest BCUT2D eigenvalue weighted by Crippen LogP contribution is 2.25. The number of allylic oxidation sites excluding steroid dienone is 7. The smallest absolute Gasteiger partial charge is 0.0461 e. The van der Waals surface area contributed by atoms with Crippen molar-refractivity contribution in [1.29, 1.82) is 0 Å². The number of benzene rings is 1. The van der Waals surface area contributed by atoms with Crippen molar-refractivity contribution >= 4 is 5.69 Å². The van der Waals surface area contributed by atoms with E-state index in [2.05, 4.69) is 86.0 Å². The van der Waals surface area contributed by atoms with Gasteiger partial charge in [-0.15, -0.1) is 6.58 Å². The Kier molecular flexibility index (Phi) is 7.67. The first-order valence-electron chi connectivity index (χ1n) is 7.36. The Morgan fingerprint density at radius 3 is 2.14 bits per heavy atom. The molecular weight excluding hydrogens is 254 g/mol. The standard InChI is InChI=1S/C20H25N/c1-5-9-11-15-19(8-4)21(18(7-3)14-6-2)20-16-12-10-13-17-20/h5-8,10-17H,1,9H2,2-4H3/b14-6-,15-11-,18-7+,19-8+. The summed E-state index contributed by atoms with van der Waals surface area (Å²) in [4.78, 5) is 2.25. The average molecular weight is 279 g/mol. The lowest BCUT2D eigenvalue weighted by Crippen LogP contribution is -2.19. The number of hydrogen-bond donors (Lipinski definition) is 0. The lowest BCUT2D eigenvalue weighted by atomic mass is 10.2. The minimum Gasteiger partial charge on any atom is -0.311 e. The summed E-state index contributed by atoms with van der Waals surface area (Å²) in [6.45, 7) is 9.92. The first-order chi connectivity index (χ1) is 10.3. The summed E-state index contributed by atoms with van der Waals surface area (Å²) in [5.74, 6) is 0. The van der Waals surface area contributed by atoms with E-state index in [9.17, 15) is 0 Å². The van der Waals surface area contributed by atoms with Crippen molar-refractivity contribution in [3.63, 3.8) is 0 Å². The molecule has 1 aromatic rings. The maximum Gasteiger partial charge on any atom is 0.0461 e. The number of anilines is 1. The molecule has 0 spiro atoms. The summed E-state index contributed by atoms with van der Waals surface area (Å²) < 4.78 is 0. The SMILES string of the molecule is C=CC/C=C\C(=C/C)N(C(/C=C\C)=C/C)c1ccccc1. The predicted octanol–water partition coefficient (Wildman–Crippen LogP) is 6.01. The Hall–Kier alpha value is -2.28. The van der Waals surface area contributed by atoms with Crippen molar-refractivity contribution in [1.82, 2.24) is 0 Å². The molecule has 0 bridgehead atoms. The van der Waals surface area contributed by atoms with E-state index < -0.39 is 0 Å². The number of rotatable bonds is 7. The lowest BCUT2D eigenvalue weighted by Gasteiger charge is -2.27. The molecule has 1 heteroatoms. The molecule has 0 aliphatic heterocycles. The van der Waals surface area contributed by atoms with Crippen LogP contribution in [0.15, 0.2) is 90.8 Å². The molecular formula is C20H25N. The molecule has 0 radical (unpaired) electrons. The summed E-state index contributed by atoms with van der Waals surface area (Å²) in [6.07, 6.45) is 15.5. The van der Waals surface area contributed by atoms with Crippen LogP contribution in [0.1, 0.15) is 27.2 Å². The van der Waals surface area contributed by atoms with E-state index in [4.69, 9.17) is 0 Å². The van der Waals surface area contributed by atoms with E-state index in [-0.39, 0.29) is 0 Å².